The van der Waals surface area contributed by atoms with Crippen LogP contribution in [-0.2, 0) is 19.6 Å². The number of nitriles is 1. The van der Waals surface area contributed by atoms with Gasteiger partial charge < -0.3 is 4.74 Å². The van der Waals surface area contributed by atoms with Gasteiger partial charge in [-0.1, -0.05) is 12.1 Å². The zero-order valence-corrected chi connectivity index (χ0v) is 12.2. The van der Waals surface area contributed by atoms with E-state index in [1.807, 2.05) is 6.07 Å². The van der Waals surface area contributed by atoms with Gasteiger partial charge in [0.25, 0.3) is 0 Å². The SMILES string of the molecule is COC(=O)CCCS(=O)(=O)N(C)c1ccccc1C#N. The Morgan fingerprint density at radius 2 is 2.05 bits per heavy atom. The normalized spacial score (nSPS) is 10.7. The molecule has 0 saturated carbocycles. The third-order valence-electron chi connectivity index (χ3n) is 2.79. The van der Waals surface area contributed by atoms with Crippen LogP contribution in [0.2, 0.25) is 0 Å². The maximum atomic E-state index is 12.1. The molecular weight excluding hydrogens is 280 g/mol. The fourth-order valence-corrected chi connectivity index (χ4v) is 2.87. The van der Waals surface area contributed by atoms with Crippen LogP contribution >= 0.6 is 0 Å². The molecule has 0 radical (unpaired) electrons. The van der Waals surface area contributed by atoms with E-state index in [0.29, 0.717) is 5.69 Å². The maximum Gasteiger partial charge on any atom is 0.305 e. The molecule has 0 aliphatic carbocycles. The number of sulfonamides is 1. The second-order valence-corrected chi connectivity index (χ2v) is 6.21. The van der Waals surface area contributed by atoms with Crippen LogP contribution in [-0.4, -0.2) is 34.3 Å². The van der Waals surface area contributed by atoms with Gasteiger partial charge in [-0.3, -0.25) is 9.10 Å². The minimum Gasteiger partial charge on any atom is -0.469 e. The van der Waals surface area contributed by atoms with Gasteiger partial charge in [0.15, 0.2) is 0 Å². The van der Waals surface area contributed by atoms with Crippen LogP contribution in [0.25, 0.3) is 0 Å². The van der Waals surface area contributed by atoms with E-state index in [1.54, 1.807) is 24.3 Å². The second kappa shape index (κ2) is 6.91. The highest BCUT2D eigenvalue weighted by atomic mass is 32.2. The molecule has 0 saturated heterocycles. The number of carbonyl (C=O) groups is 1. The minimum absolute atomic E-state index is 0.0451. The van der Waals surface area contributed by atoms with E-state index in [-0.39, 0.29) is 24.2 Å². The fraction of sp³-hybridized carbons (Fsp3) is 0.385. The molecule has 0 amide bonds. The van der Waals surface area contributed by atoms with E-state index in [9.17, 15) is 13.2 Å². The van der Waals surface area contributed by atoms with E-state index >= 15 is 0 Å². The summed E-state index contributed by atoms with van der Waals surface area (Å²) in [5, 5.41) is 8.98. The summed E-state index contributed by atoms with van der Waals surface area (Å²) >= 11 is 0. The first-order valence-electron chi connectivity index (χ1n) is 5.95. The Bertz CT molecular complexity index is 620. The summed E-state index contributed by atoms with van der Waals surface area (Å²) in [5.74, 6) is -0.626. The average Bonchev–Trinajstić information content (AvgIpc) is 2.45. The number of anilines is 1. The summed E-state index contributed by atoms with van der Waals surface area (Å²) in [6.07, 6.45) is 0.220. The molecule has 20 heavy (non-hydrogen) atoms. The topological polar surface area (TPSA) is 87.5 Å². The molecule has 1 aromatic rings. The standard InChI is InChI=1S/C13H16N2O4S/c1-15(12-7-4-3-6-11(12)10-14)20(17,18)9-5-8-13(16)19-2/h3-4,6-7H,5,8-9H2,1-2H3. The van der Waals surface area contributed by atoms with Gasteiger partial charge in [-0.25, -0.2) is 8.42 Å². The van der Waals surface area contributed by atoms with Gasteiger partial charge in [0.1, 0.15) is 6.07 Å². The van der Waals surface area contributed by atoms with Crippen LogP contribution in [0.4, 0.5) is 5.69 Å². The Morgan fingerprint density at radius 3 is 2.65 bits per heavy atom. The van der Waals surface area contributed by atoms with Gasteiger partial charge in [0, 0.05) is 13.5 Å². The molecule has 0 bridgehead atoms. The van der Waals surface area contributed by atoms with Crippen molar-refractivity contribution in [3.8, 4) is 6.07 Å². The van der Waals surface area contributed by atoms with E-state index < -0.39 is 16.0 Å². The zero-order valence-electron chi connectivity index (χ0n) is 11.4. The third kappa shape index (κ3) is 3.96. The number of hydrogen-bond donors (Lipinski definition) is 0. The summed E-state index contributed by atoms with van der Waals surface area (Å²) < 4.78 is 29.8. The van der Waals surface area contributed by atoms with E-state index in [2.05, 4.69) is 4.74 Å². The number of methoxy groups -OCH3 is 1. The Morgan fingerprint density at radius 1 is 1.40 bits per heavy atom. The fourth-order valence-electron chi connectivity index (χ4n) is 1.63. The number of nitrogens with zero attached hydrogens (tertiary/aromatic N) is 2. The van der Waals surface area contributed by atoms with Gasteiger partial charge in [-0.05, 0) is 18.6 Å². The van der Waals surface area contributed by atoms with Gasteiger partial charge in [-0.2, -0.15) is 5.26 Å². The van der Waals surface area contributed by atoms with Crippen molar-refractivity contribution < 1.29 is 17.9 Å². The molecule has 0 unspecified atom stereocenters. The first kappa shape index (κ1) is 16.0. The summed E-state index contributed by atoms with van der Waals surface area (Å²) in [6, 6.07) is 8.40. The van der Waals surface area contributed by atoms with E-state index in [4.69, 9.17) is 5.26 Å². The van der Waals surface area contributed by atoms with Crippen molar-refractivity contribution in [1.29, 1.82) is 5.26 Å². The molecule has 108 valence electrons. The highest BCUT2D eigenvalue weighted by Gasteiger charge is 2.20. The Hall–Kier alpha value is -2.07. The van der Waals surface area contributed by atoms with Crippen LogP contribution in [0, 0.1) is 11.3 Å². The lowest BCUT2D eigenvalue weighted by Gasteiger charge is -2.20. The molecule has 1 rings (SSSR count). The Balaban J connectivity index is 2.82. The molecule has 0 fully saturated rings. The van der Waals surface area contributed by atoms with E-state index in [0.717, 1.165) is 4.31 Å². The van der Waals surface area contributed by atoms with Crippen LogP contribution in [0.1, 0.15) is 18.4 Å². The van der Waals surface area contributed by atoms with Gasteiger partial charge in [-0.15, -0.1) is 0 Å². The average molecular weight is 296 g/mol. The minimum atomic E-state index is -3.58. The number of rotatable bonds is 6. The highest BCUT2D eigenvalue weighted by Crippen LogP contribution is 2.21. The number of benzene rings is 1. The van der Waals surface area contributed by atoms with Crippen LogP contribution in [0.15, 0.2) is 24.3 Å². The van der Waals surface area contributed by atoms with Crippen LogP contribution in [0.3, 0.4) is 0 Å². The van der Waals surface area contributed by atoms with Crippen molar-refractivity contribution in [2.45, 2.75) is 12.8 Å². The summed E-state index contributed by atoms with van der Waals surface area (Å²) in [4.78, 5) is 11.0. The smallest absolute Gasteiger partial charge is 0.305 e. The molecule has 0 aliphatic rings. The van der Waals surface area contributed by atoms with Crippen molar-refractivity contribution in [1.82, 2.24) is 0 Å². The maximum absolute atomic E-state index is 12.1. The summed E-state index contributed by atoms with van der Waals surface area (Å²) in [7, 11) is -0.927. The number of para-hydroxylation sites is 1. The van der Waals surface area contributed by atoms with Gasteiger partial charge in [0.05, 0.1) is 24.1 Å². The van der Waals surface area contributed by atoms with Crippen LogP contribution in [0.5, 0.6) is 0 Å². The molecule has 0 aromatic heterocycles. The van der Waals surface area contributed by atoms with Crippen molar-refractivity contribution in [2.75, 3.05) is 24.2 Å². The van der Waals surface area contributed by atoms with E-state index in [1.165, 1.54) is 14.2 Å². The third-order valence-corrected chi connectivity index (χ3v) is 4.63. The molecule has 0 spiro atoms. The van der Waals surface area contributed by atoms with Gasteiger partial charge in [0.2, 0.25) is 10.0 Å². The first-order chi connectivity index (χ1) is 9.42. The summed E-state index contributed by atoms with van der Waals surface area (Å²) in [6.45, 7) is 0. The van der Waals surface area contributed by atoms with Crippen molar-refractivity contribution >= 4 is 21.7 Å². The predicted octanol–water partition coefficient (Wildman–Crippen LogP) is 1.28. The van der Waals surface area contributed by atoms with Crippen molar-refractivity contribution in [2.24, 2.45) is 0 Å². The molecule has 0 N–H and O–H groups in total. The molecule has 0 heterocycles. The Labute approximate surface area is 118 Å². The lowest BCUT2D eigenvalue weighted by Crippen LogP contribution is -2.29. The number of esters is 1. The lowest BCUT2D eigenvalue weighted by atomic mass is 10.2. The monoisotopic (exact) mass is 296 g/mol. The number of ether oxygens (including phenoxy) is 1. The largest absolute Gasteiger partial charge is 0.469 e. The van der Waals surface area contributed by atoms with Crippen molar-refractivity contribution in [3.63, 3.8) is 0 Å². The van der Waals surface area contributed by atoms with Gasteiger partial charge >= 0.3 is 5.97 Å². The molecule has 0 atom stereocenters. The quantitative estimate of drug-likeness (QED) is 0.738. The molecule has 6 nitrogen and oxygen atoms in total. The summed E-state index contributed by atoms with van der Waals surface area (Å²) in [5.41, 5.74) is 0.611. The number of hydrogen-bond acceptors (Lipinski definition) is 5. The first-order valence-corrected chi connectivity index (χ1v) is 7.56. The molecule has 1 aromatic carbocycles. The highest BCUT2D eigenvalue weighted by molar-refractivity contribution is 7.92. The second-order valence-electron chi connectivity index (χ2n) is 4.09. The Kier molecular flexibility index (Phi) is 5.53. The molecule has 0 aliphatic heterocycles. The number of carbonyl (C=O) groups excluding carboxylic acids is 1. The van der Waals surface area contributed by atoms with Crippen molar-refractivity contribution in [3.05, 3.63) is 29.8 Å². The lowest BCUT2D eigenvalue weighted by molar-refractivity contribution is -0.140. The predicted molar refractivity (Wildman–Crippen MR) is 74.6 cm³/mol. The molecule has 7 heteroatoms. The zero-order chi connectivity index (χ0) is 15.2. The molecular formula is C13H16N2O4S. The van der Waals surface area contributed by atoms with Crippen LogP contribution < -0.4 is 4.31 Å².